The van der Waals surface area contributed by atoms with Gasteiger partial charge in [-0.1, -0.05) is 20.8 Å². The first-order valence-electron chi connectivity index (χ1n) is 8.85. The molecule has 29 heavy (non-hydrogen) atoms. The summed E-state index contributed by atoms with van der Waals surface area (Å²) in [4.78, 5) is 43.8. The molecule has 0 bridgehead atoms. The Bertz CT molecular complexity index is 581. The average molecular weight is 432 g/mol. The minimum atomic E-state index is -1.18. The predicted molar refractivity (Wildman–Crippen MR) is 111 cm³/mol. The third kappa shape index (κ3) is 14.1. The third-order valence-corrected chi connectivity index (χ3v) is 3.50. The van der Waals surface area contributed by atoms with Crippen molar-refractivity contribution >= 4 is 83.0 Å². The van der Waals surface area contributed by atoms with Crippen LogP contribution in [0.3, 0.4) is 0 Å². The predicted octanol–water partition coefficient (Wildman–Crippen LogP) is 2.35. The summed E-state index contributed by atoms with van der Waals surface area (Å²) in [5.74, 6) is -3.18. The molecule has 0 aliphatic heterocycles. The van der Waals surface area contributed by atoms with Gasteiger partial charge in [-0.15, -0.1) is 0 Å². The van der Waals surface area contributed by atoms with E-state index in [0.29, 0.717) is 37.2 Å². The number of carboxylic acids is 2. The fraction of sp³-hybridized carbons (Fsp3) is 0.579. The second kappa shape index (κ2) is 20.6. The normalized spacial score (nSPS) is 11.1. The van der Waals surface area contributed by atoms with Crippen LogP contribution in [-0.4, -0.2) is 106 Å². The standard InChI is InChI=1S/C12H20O4.C7H10O4.2Na/c1-5-9(11(13)15-7-3)10(6-2)12(14)16-8-4;1-3-5(7(10)11)4(2)6(8)9;;/h5-8H2,1-4H3;3H2,1-2H3,(H,8,9)(H,10,11);;/b;5-4-;;. The fourth-order valence-electron chi connectivity index (χ4n) is 2.10. The Labute approximate surface area is 216 Å². The molecule has 156 valence electrons. The molecule has 10 heteroatoms. The number of ether oxygens (including phenoxy) is 2. The van der Waals surface area contributed by atoms with Crippen LogP contribution < -0.4 is 0 Å². The second-order valence-electron chi connectivity index (χ2n) is 5.17. The van der Waals surface area contributed by atoms with Gasteiger partial charge in [0, 0.05) is 81.4 Å². The minimum Gasteiger partial charge on any atom is -0.478 e. The summed E-state index contributed by atoms with van der Waals surface area (Å²) in [6.07, 6.45) is 1.18. The van der Waals surface area contributed by atoms with E-state index in [1.54, 1.807) is 20.8 Å². The van der Waals surface area contributed by atoms with E-state index >= 15 is 0 Å². The van der Waals surface area contributed by atoms with Gasteiger partial charge >= 0.3 is 23.9 Å². The molecule has 0 aromatic carbocycles. The summed E-state index contributed by atoms with van der Waals surface area (Å²) >= 11 is 0. The Hall–Kier alpha value is -0.640. The van der Waals surface area contributed by atoms with Gasteiger partial charge in [-0.3, -0.25) is 0 Å². The Morgan fingerprint density at radius 1 is 0.621 bits per heavy atom. The molecule has 0 unspecified atom stereocenters. The zero-order valence-corrected chi connectivity index (χ0v) is 22.9. The molecule has 0 atom stereocenters. The molecular weight excluding hydrogens is 402 g/mol. The SMILES string of the molecule is CC/C(C(=O)O)=C(\C)C(=O)O.CCOC(=O)C(CC)=C(CC)C(=O)OCC.[Na].[Na]. The van der Waals surface area contributed by atoms with Crippen LogP contribution in [0.1, 0.15) is 60.8 Å². The van der Waals surface area contributed by atoms with Gasteiger partial charge in [0.2, 0.25) is 0 Å². The Balaban J connectivity index is -0.000000214. The smallest absolute Gasteiger partial charge is 0.334 e. The molecule has 0 spiro atoms. The molecule has 8 nitrogen and oxygen atoms in total. The van der Waals surface area contributed by atoms with E-state index in [9.17, 15) is 19.2 Å². The fourth-order valence-corrected chi connectivity index (χ4v) is 2.10. The van der Waals surface area contributed by atoms with Crippen LogP contribution >= 0.6 is 0 Å². The van der Waals surface area contributed by atoms with Gasteiger partial charge in [-0.05, 0) is 40.0 Å². The first-order valence-corrected chi connectivity index (χ1v) is 8.85. The van der Waals surface area contributed by atoms with E-state index in [-0.39, 0.29) is 76.7 Å². The van der Waals surface area contributed by atoms with Crippen molar-refractivity contribution in [2.75, 3.05) is 13.2 Å². The van der Waals surface area contributed by atoms with Gasteiger partial charge in [0.1, 0.15) is 0 Å². The summed E-state index contributed by atoms with van der Waals surface area (Å²) in [6, 6.07) is 0. The number of hydrogen-bond donors (Lipinski definition) is 2. The van der Waals surface area contributed by atoms with E-state index in [1.165, 1.54) is 6.92 Å². The molecule has 0 aromatic heterocycles. The number of esters is 2. The maximum atomic E-state index is 11.6. The maximum absolute atomic E-state index is 11.6. The van der Waals surface area contributed by atoms with Crippen LogP contribution in [0.5, 0.6) is 0 Å². The van der Waals surface area contributed by atoms with E-state index in [0.717, 1.165) is 0 Å². The molecule has 0 aliphatic carbocycles. The van der Waals surface area contributed by atoms with Gasteiger partial charge in [-0.2, -0.15) is 0 Å². The number of carbonyl (C=O) groups excluding carboxylic acids is 2. The van der Waals surface area contributed by atoms with Crippen LogP contribution in [0.2, 0.25) is 0 Å². The number of aliphatic carboxylic acids is 2. The van der Waals surface area contributed by atoms with Crippen molar-refractivity contribution < 1.29 is 38.9 Å². The van der Waals surface area contributed by atoms with E-state index in [2.05, 4.69) is 0 Å². The van der Waals surface area contributed by atoms with Gasteiger partial charge < -0.3 is 19.7 Å². The Morgan fingerprint density at radius 3 is 1.07 bits per heavy atom. The summed E-state index contributed by atoms with van der Waals surface area (Å²) in [6.45, 7) is 10.6. The first kappa shape index (κ1) is 35.8. The van der Waals surface area contributed by atoms with Crippen molar-refractivity contribution in [1.82, 2.24) is 0 Å². The number of rotatable bonds is 9. The molecule has 0 aliphatic rings. The van der Waals surface area contributed by atoms with Crippen LogP contribution in [0.15, 0.2) is 22.3 Å². The first-order chi connectivity index (χ1) is 12.6. The van der Waals surface area contributed by atoms with Crippen molar-refractivity contribution in [3.63, 3.8) is 0 Å². The maximum Gasteiger partial charge on any atom is 0.334 e. The van der Waals surface area contributed by atoms with E-state index in [1.807, 2.05) is 13.8 Å². The van der Waals surface area contributed by atoms with Gasteiger partial charge in [0.05, 0.1) is 13.2 Å². The van der Waals surface area contributed by atoms with Gasteiger partial charge in [-0.25, -0.2) is 19.2 Å². The molecule has 0 saturated heterocycles. The molecule has 2 N–H and O–H groups in total. The molecule has 0 aromatic rings. The van der Waals surface area contributed by atoms with Crippen molar-refractivity contribution in [1.29, 1.82) is 0 Å². The summed E-state index contributed by atoms with van der Waals surface area (Å²) in [7, 11) is 0. The molecule has 0 rings (SSSR count). The monoisotopic (exact) mass is 432 g/mol. The van der Waals surface area contributed by atoms with Crippen LogP contribution in [-0.2, 0) is 28.7 Å². The number of carbonyl (C=O) groups is 4. The van der Waals surface area contributed by atoms with Gasteiger partial charge in [0.25, 0.3) is 0 Å². The summed E-state index contributed by atoms with van der Waals surface area (Å²) in [5.41, 5.74) is 0.697. The molecule has 0 saturated carbocycles. The van der Waals surface area contributed by atoms with Crippen molar-refractivity contribution in [3.05, 3.63) is 22.3 Å². The van der Waals surface area contributed by atoms with Crippen molar-refractivity contribution in [3.8, 4) is 0 Å². The topological polar surface area (TPSA) is 127 Å². The van der Waals surface area contributed by atoms with Crippen LogP contribution in [0.25, 0.3) is 0 Å². The quantitative estimate of drug-likeness (QED) is 0.323. The van der Waals surface area contributed by atoms with Gasteiger partial charge in [0.15, 0.2) is 0 Å². The molecule has 0 amide bonds. The van der Waals surface area contributed by atoms with Crippen molar-refractivity contribution in [2.45, 2.75) is 60.8 Å². The van der Waals surface area contributed by atoms with Crippen molar-refractivity contribution in [2.24, 2.45) is 0 Å². The Morgan fingerprint density at radius 2 is 0.931 bits per heavy atom. The summed E-state index contributed by atoms with van der Waals surface area (Å²) in [5, 5.41) is 16.9. The minimum absolute atomic E-state index is 0. The van der Waals surface area contributed by atoms with Crippen LogP contribution in [0, 0.1) is 0 Å². The third-order valence-electron chi connectivity index (χ3n) is 3.50. The summed E-state index contributed by atoms with van der Waals surface area (Å²) < 4.78 is 9.80. The Kier molecular flexibility index (Phi) is 25.4. The molecular formula is C19H30Na2O8. The van der Waals surface area contributed by atoms with E-state index < -0.39 is 23.9 Å². The number of hydrogen-bond acceptors (Lipinski definition) is 6. The van der Waals surface area contributed by atoms with Crippen LogP contribution in [0.4, 0.5) is 0 Å². The zero-order valence-electron chi connectivity index (χ0n) is 18.9. The molecule has 2 radical (unpaired) electrons. The number of carboxylic acid groups (broad SMARTS) is 2. The second-order valence-corrected chi connectivity index (χ2v) is 5.17. The average Bonchev–Trinajstić information content (AvgIpc) is 2.60. The zero-order chi connectivity index (χ0) is 21.6. The van der Waals surface area contributed by atoms with E-state index in [4.69, 9.17) is 19.7 Å². The molecule has 0 heterocycles. The molecule has 0 fully saturated rings. The largest absolute Gasteiger partial charge is 0.478 e.